The summed E-state index contributed by atoms with van der Waals surface area (Å²) in [6, 6.07) is 23.4. The molecule has 3 heterocycles. The Bertz CT molecular complexity index is 1560. The molecule has 0 radical (unpaired) electrons. The highest BCUT2D eigenvalue weighted by molar-refractivity contribution is 6.01. The Labute approximate surface area is 214 Å². The van der Waals surface area contributed by atoms with Crippen LogP contribution < -0.4 is 10.6 Å². The van der Waals surface area contributed by atoms with Crippen molar-refractivity contribution in [2.75, 3.05) is 30.3 Å². The van der Waals surface area contributed by atoms with E-state index >= 15 is 0 Å². The first-order valence-corrected chi connectivity index (χ1v) is 12.3. The van der Waals surface area contributed by atoms with E-state index in [1.807, 2.05) is 84.3 Å². The summed E-state index contributed by atoms with van der Waals surface area (Å²) in [5.74, 6) is 1.21. The number of anilines is 2. The Balaban J connectivity index is 1.13. The van der Waals surface area contributed by atoms with Gasteiger partial charge in [-0.3, -0.25) is 4.57 Å². The summed E-state index contributed by atoms with van der Waals surface area (Å²) in [5, 5.41) is 8.54. The van der Waals surface area contributed by atoms with Crippen molar-refractivity contribution in [1.29, 1.82) is 0 Å². The quantitative estimate of drug-likeness (QED) is 0.368. The van der Waals surface area contributed by atoms with Gasteiger partial charge in [0.1, 0.15) is 12.1 Å². The second-order valence-electron chi connectivity index (χ2n) is 9.09. The summed E-state index contributed by atoms with van der Waals surface area (Å²) in [5.41, 5.74) is 2.68. The molecule has 6 rings (SSSR count). The smallest absolute Gasteiger partial charge is 0.322 e. The van der Waals surface area contributed by atoms with Crippen LogP contribution in [0.1, 0.15) is 6.92 Å². The molecule has 2 unspecified atom stereocenters. The number of amides is 2. The number of rotatable bonds is 5. The molecule has 5 aromatic rings. The number of carbonyl (C=O) groups excluding carboxylic acids is 1. The van der Waals surface area contributed by atoms with Gasteiger partial charge >= 0.3 is 6.03 Å². The van der Waals surface area contributed by atoms with Crippen LogP contribution in [0.2, 0.25) is 0 Å². The number of para-hydroxylation sites is 2. The number of imidazole rings is 1. The fraction of sp³-hybridized carbons (Fsp3) is 0.214. The molecular formula is C28H27N7O2. The number of nitrogens with one attached hydrogen (secondary N) is 2. The zero-order chi connectivity index (χ0) is 25.2. The maximum Gasteiger partial charge on any atom is 0.322 e. The molecule has 1 aliphatic heterocycles. The fourth-order valence-electron chi connectivity index (χ4n) is 4.68. The number of morpholine rings is 1. The first-order chi connectivity index (χ1) is 18.2. The van der Waals surface area contributed by atoms with E-state index in [0.717, 1.165) is 33.3 Å². The Hall–Kier alpha value is -4.50. The summed E-state index contributed by atoms with van der Waals surface area (Å²) < 4.78 is 7.95. The van der Waals surface area contributed by atoms with Crippen molar-refractivity contribution in [2.24, 2.45) is 0 Å². The van der Waals surface area contributed by atoms with Crippen LogP contribution in [0, 0.1) is 0 Å². The van der Waals surface area contributed by atoms with E-state index in [9.17, 15) is 4.79 Å². The van der Waals surface area contributed by atoms with Gasteiger partial charge in [0.15, 0.2) is 0 Å². The lowest BCUT2D eigenvalue weighted by Gasteiger charge is -2.36. The SMILES string of the molecule is CC(Nc1nccc(-n2cnc3ccccc32)n1)C1CN(C(=O)Nc2cccc3ccccc23)CCO1. The Kier molecular flexibility index (Phi) is 6.11. The minimum atomic E-state index is -0.214. The topological polar surface area (TPSA) is 97.2 Å². The van der Waals surface area contributed by atoms with E-state index in [4.69, 9.17) is 9.72 Å². The first-order valence-electron chi connectivity index (χ1n) is 12.3. The monoisotopic (exact) mass is 493 g/mol. The van der Waals surface area contributed by atoms with Crippen molar-refractivity contribution in [3.8, 4) is 5.82 Å². The molecule has 1 aliphatic rings. The predicted molar refractivity (Wildman–Crippen MR) is 144 cm³/mol. The lowest BCUT2D eigenvalue weighted by atomic mass is 10.1. The molecule has 186 valence electrons. The van der Waals surface area contributed by atoms with Crippen LogP contribution in [-0.2, 0) is 4.74 Å². The van der Waals surface area contributed by atoms with Gasteiger partial charge in [0.05, 0.1) is 42.0 Å². The lowest BCUT2D eigenvalue weighted by molar-refractivity contribution is -0.0188. The molecule has 2 amide bonds. The van der Waals surface area contributed by atoms with Gasteiger partial charge in [-0.15, -0.1) is 0 Å². The van der Waals surface area contributed by atoms with Crippen molar-refractivity contribution in [3.63, 3.8) is 0 Å². The molecule has 2 aromatic heterocycles. The molecule has 0 saturated carbocycles. The van der Waals surface area contributed by atoms with Gasteiger partial charge < -0.3 is 20.3 Å². The zero-order valence-corrected chi connectivity index (χ0v) is 20.4. The molecule has 9 nitrogen and oxygen atoms in total. The van der Waals surface area contributed by atoms with Crippen molar-refractivity contribution in [3.05, 3.63) is 85.3 Å². The molecule has 1 fully saturated rings. The Morgan fingerprint density at radius 1 is 1.03 bits per heavy atom. The molecule has 37 heavy (non-hydrogen) atoms. The summed E-state index contributed by atoms with van der Waals surface area (Å²) in [7, 11) is 0. The minimum Gasteiger partial charge on any atom is -0.372 e. The summed E-state index contributed by atoms with van der Waals surface area (Å²) >= 11 is 0. The largest absolute Gasteiger partial charge is 0.372 e. The highest BCUT2D eigenvalue weighted by Gasteiger charge is 2.29. The maximum absolute atomic E-state index is 13.1. The van der Waals surface area contributed by atoms with Gasteiger partial charge in [0.2, 0.25) is 5.95 Å². The number of benzene rings is 3. The van der Waals surface area contributed by atoms with Gasteiger partial charge in [0.25, 0.3) is 0 Å². The van der Waals surface area contributed by atoms with Crippen LogP contribution in [-0.4, -0.2) is 62.3 Å². The van der Waals surface area contributed by atoms with E-state index in [-0.39, 0.29) is 18.2 Å². The molecule has 0 aliphatic carbocycles. The summed E-state index contributed by atoms with van der Waals surface area (Å²) in [6.45, 7) is 3.46. The van der Waals surface area contributed by atoms with Gasteiger partial charge in [-0.1, -0.05) is 48.5 Å². The Morgan fingerprint density at radius 3 is 2.81 bits per heavy atom. The van der Waals surface area contributed by atoms with Gasteiger partial charge in [0, 0.05) is 18.1 Å². The first kappa shape index (κ1) is 22.9. The van der Waals surface area contributed by atoms with E-state index in [1.165, 1.54) is 0 Å². The molecule has 0 bridgehead atoms. The molecule has 0 spiro atoms. The summed E-state index contributed by atoms with van der Waals surface area (Å²) in [6.07, 6.45) is 3.27. The van der Waals surface area contributed by atoms with Crippen LogP contribution in [0.4, 0.5) is 16.4 Å². The maximum atomic E-state index is 13.1. The van der Waals surface area contributed by atoms with Gasteiger partial charge in [-0.2, -0.15) is 4.98 Å². The van der Waals surface area contributed by atoms with Crippen molar-refractivity contribution >= 4 is 39.5 Å². The molecular weight excluding hydrogens is 466 g/mol. The van der Waals surface area contributed by atoms with E-state index in [1.54, 1.807) is 17.4 Å². The standard InChI is InChI=1S/C28H27N7O2/c1-19(31-27-29-14-13-26(33-27)35-18-30-23-10-4-5-12-24(23)35)25-17-34(15-16-37-25)28(36)32-22-11-6-8-20-7-2-3-9-21(20)22/h2-14,18-19,25H,15-17H2,1H3,(H,32,36)(H,29,31,33). The van der Waals surface area contributed by atoms with E-state index in [0.29, 0.717) is 25.6 Å². The molecule has 2 atom stereocenters. The predicted octanol–water partition coefficient (Wildman–Crippen LogP) is 4.70. The third-order valence-electron chi connectivity index (χ3n) is 6.67. The number of hydrogen-bond donors (Lipinski definition) is 2. The molecule has 1 saturated heterocycles. The number of fused-ring (bicyclic) bond motifs is 2. The van der Waals surface area contributed by atoms with Gasteiger partial charge in [-0.05, 0) is 36.6 Å². The number of carbonyl (C=O) groups is 1. The second kappa shape index (κ2) is 9.87. The summed E-state index contributed by atoms with van der Waals surface area (Å²) in [4.78, 5) is 28.5. The normalized spacial score (nSPS) is 16.6. The van der Waals surface area contributed by atoms with Crippen LogP contribution in [0.15, 0.2) is 85.3 Å². The fourth-order valence-corrected chi connectivity index (χ4v) is 4.68. The average Bonchev–Trinajstić information content (AvgIpc) is 3.38. The highest BCUT2D eigenvalue weighted by Crippen LogP contribution is 2.24. The van der Waals surface area contributed by atoms with Crippen LogP contribution >= 0.6 is 0 Å². The van der Waals surface area contributed by atoms with Crippen molar-refractivity contribution in [1.82, 2.24) is 24.4 Å². The van der Waals surface area contributed by atoms with Crippen LogP contribution in [0.3, 0.4) is 0 Å². The zero-order valence-electron chi connectivity index (χ0n) is 20.4. The molecule has 9 heteroatoms. The second-order valence-corrected chi connectivity index (χ2v) is 9.09. The number of hydrogen-bond acceptors (Lipinski definition) is 6. The number of urea groups is 1. The Morgan fingerprint density at radius 2 is 1.86 bits per heavy atom. The third-order valence-corrected chi connectivity index (χ3v) is 6.67. The molecule has 2 N–H and O–H groups in total. The third kappa shape index (κ3) is 4.68. The minimum absolute atomic E-state index is 0.122. The van der Waals surface area contributed by atoms with Crippen LogP contribution in [0.25, 0.3) is 27.6 Å². The number of ether oxygens (including phenoxy) is 1. The van der Waals surface area contributed by atoms with Crippen molar-refractivity contribution < 1.29 is 9.53 Å². The highest BCUT2D eigenvalue weighted by atomic mass is 16.5. The lowest BCUT2D eigenvalue weighted by Crippen LogP contribution is -2.52. The van der Waals surface area contributed by atoms with E-state index < -0.39 is 0 Å². The van der Waals surface area contributed by atoms with Gasteiger partial charge in [-0.25, -0.2) is 14.8 Å². The number of nitrogens with zero attached hydrogens (tertiary/aromatic N) is 5. The molecule has 3 aromatic carbocycles. The van der Waals surface area contributed by atoms with Crippen LogP contribution in [0.5, 0.6) is 0 Å². The number of aromatic nitrogens is 4. The average molecular weight is 494 g/mol. The van der Waals surface area contributed by atoms with E-state index in [2.05, 4.69) is 20.6 Å². The van der Waals surface area contributed by atoms with Crippen molar-refractivity contribution in [2.45, 2.75) is 19.1 Å².